The van der Waals surface area contributed by atoms with Gasteiger partial charge in [0.15, 0.2) is 0 Å². The minimum Gasteiger partial charge on any atom is -0.490 e. The van der Waals surface area contributed by atoms with Gasteiger partial charge in [-0.1, -0.05) is 6.07 Å². The van der Waals surface area contributed by atoms with Crippen LogP contribution < -0.4 is 10.5 Å². The smallest absolute Gasteiger partial charge is 0.224 e. The zero-order valence-electron chi connectivity index (χ0n) is 15.6. The van der Waals surface area contributed by atoms with Gasteiger partial charge in [0.25, 0.3) is 0 Å². The fraction of sp³-hybridized carbons (Fsp3) is 0.381. The Morgan fingerprint density at radius 1 is 1.32 bits per heavy atom. The molecule has 28 heavy (non-hydrogen) atoms. The molecule has 144 valence electrons. The number of fused-ring (bicyclic) bond motifs is 1. The molecule has 3 saturated carbocycles. The minimum atomic E-state index is -0.342. The van der Waals surface area contributed by atoms with Crippen LogP contribution in [0.3, 0.4) is 0 Å². The number of hydrogen-bond donors (Lipinski definition) is 1. The lowest BCUT2D eigenvalue weighted by Crippen LogP contribution is -2.65. The molecule has 3 aliphatic rings. The second kappa shape index (κ2) is 6.53. The molecular weight excluding hydrogens is 374 g/mol. The van der Waals surface area contributed by atoms with Crippen LogP contribution in [-0.4, -0.2) is 36.2 Å². The summed E-state index contributed by atoms with van der Waals surface area (Å²) in [4.78, 5) is 21.9. The molecule has 2 N–H and O–H groups in total. The molecule has 0 radical (unpaired) electrons. The molecule has 2 heterocycles. The largest absolute Gasteiger partial charge is 0.490 e. The Labute approximate surface area is 166 Å². The third-order valence-corrected chi connectivity index (χ3v) is 6.99. The molecule has 6 nitrogen and oxygen atoms in total. The predicted octanol–water partition coefficient (Wildman–Crippen LogP) is 3.36. The Hall–Kier alpha value is -2.51. The van der Waals surface area contributed by atoms with E-state index in [0.717, 1.165) is 45.6 Å². The van der Waals surface area contributed by atoms with Crippen molar-refractivity contribution in [1.29, 1.82) is 0 Å². The molecule has 3 aromatic rings. The first-order chi connectivity index (χ1) is 13.6. The maximum atomic E-state index is 12.0. The maximum absolute atomic E-state index is 12.0. The van der Waals surface area contributed by atoms with Crippen molar-refractivity contribution in [1.82, 2.24) is 9.97 Å². The van der Waals surface area contributed by atoms with Gasteiger partial charge in [0.2, 0.25) is 5.91 Å². The van der Waals surface area contributed by atoms with Gasteiger partial charge in [0.05, 0.1) is 33.6 Å². The van der Waals surface area contributed by atoms with Crippen molar-refractivity contribution < 1.29 is 14.3 Å². The SMILES string of the molecule is COCCOc1cc(-c2cncs2)nc2ccc(C3C4CC3(C(N)=O)C4)cc12. The summed E-state index contributed by atoms with van der Waals surface area (Å²) in [7, 11) is 1.65. The van der Waals surface area contributed by atoms with Crippen molar-refractivity contribution in [2.45, 2.75) is 18.8 Å². The van der Waals surface area contributed by atoms with Crippen molar-refractivity contribution >= 4 is 28.1 Å². The molecule has 0 spiro atoms. The van der Waals surface area contributed by atoms with E-state index in [4.69, 9.17) is 20.2 Å². The number of nitrogens with two attached hydrogens (primary N) is 1. The van der Waals surface area contributed by atoms with E-state index < -0.39 is 0 Å². The van der Waals surface area contributed by atoms with Crippen molar-refractivity contribution in [3.63, 3.8) is 0 Å². The summed E-state index contributed by atoms with van der Waals surface area (Å²) in [5.74, 6) is 1.39. The third-order valence-electron chi connectivity index (χ3n) is 6.19. The van der Waals surface area contributed by atoms with Crippen molar-refractivity contribution in [2.75, 3.05) is 20.3 Å². The molecule has 0 aliphatic heterocycles. The molecule has 1 atom stereocenters. The first-order valence-electron chi connectivity index (χ1n) is 9.37. The topological polar surface area (TPSA) is 87.3 Å². The van der Waals surface area contributed by atoms with Gasteiger partial charge in [0.1, 0.15) is 12.4 Å². The van der Waals surface area contributed by atoms with Crippen molar-refractivity contribution in [3.05, 3.63) is 41.5 Å². The summed E-state index contributed by atoms with van der Waals surface area (Å²) >= 11 is 1.55. The van der Waals surface area contributed by atoms with E-state index >= 15 is 0 Å². The van der Waals surface area contributed by atoms with Gasteiger partial charge >= 0.3 is 0 Å². The normalized spacial score (nSPS) is 25.2. The van der Waals surface area contributed by atoms with Gasteiger partial charge in [-0.15, -0.1) is 11.3 Å². The average Bonchev–Trinajstić information content (AvgIpc) is 3.14. The Morgan fingerprint density at radius 2 is 2.18 bits per heavy atom. The van der Waals surface area contributed by atoms with E-state index in [-0.39, 0.29) is 17.2 Å². The standard InChI is InChI=1S/C21H21N3O3S/c1-26-4-5-27-17-7-16(18-10-23-11-28-18)24-15-3-2-12(6-14(15)17)19-13-8-21(19,9-13)20(22)25/h2-3,6-7,10-11,13,19H,4-5,8-9H2,1H3,(H2,22,25). The second-order valence-corrected chi connectivity index (χ2v) is 8.54. The molecule has 2 aromatic heterocycles. The van der Waals surface area contributed by atoms with E-state index in [0.29, 0.717) is 19.1 Å². The van der Waals surface area contributed by atoms with Crippen LogP contribution in [0, 0.1) is 11.3 Å². The van der Waals surface area contributed by atoms with Gasteiger partial charge in [-0.05, 0) is 36.5 Å². The molecule has 3 fully saturated rings. The predicted molar refractivity (Wildman–Crippen MR) is 107 cm³/mol. The number of benzene rings is 1. The lowest BCUT2D eigenvalue weighted by molar-refractivity contribution is -0.173. The van der Waals surface area contributed by atoms with E-state index in [2.05, 4.69) is 17.1 Å². The fourth-order valence-corrected chi connectivity index (χ4v) is 5.25. The summed E-state index contributed by atoms with van der Waals surface area (Å²) in [5, 5.41) is 0.952. The van der Waals surface area contributed by atoms with E-state index in [9.17, 15) is 4.79 Å². The summed E-state index contributed by atoms with van der Waals surface area (Å²) in [6, 6.07) is 8.18. The maximum Gasteiger partial charge on any atom is 0.224 e. The van der Waals surface area contributed by atoms with Crippen LogP contribution in [0.5, 0.6) is 5.75 Å². The van der Waals surface area contributed by atoms with Crippen LogP contribution in [-0.2, 0) is 9.53 Å². The van der Waals surface area contributed by atoms with Crippen LogP contribution in [0.4, 0.5) is 0 Å². The van der Waals surface area contributed by atoms with Crippen LogP contribution in [0.1, 0.15) is 24.3 Å². The molecule has 1 unspecified atom stereocenters. The zero-order chi connectivity index (χ0) is 19.3. The number of pyridine rings is 1. The quantitative estimate of drug-likeness (QED) is 0.620. The highest BCUT2D eigenvalue weighted by molar-refractivity contribution is 7.13. The number of primary amides is 1. The second-order valence-electron chi connectivity index (χ2n) is 7.66. The number of amides is 1. The Kier molecular flexibility index (Phi) is 4.10. The van der Waals surface area contributed by atoms with Crippen molar-refractivity contribution in [3.8, 4) is 16.3 Å². The lowest BCUT2D eigenvalue weighted by Gasteiger charge is -2.66. The van der Waals surface area contributed by atoms with E-state index in [1.54, 1.807) is 24.0 Å². The summed E-state index contributed by atoms with van der Waals surface area (Å²) in [5.41, 5.74) is 10.0. The molecular formula is C21H21N3O3S. The fourth-order valence-electron chi connectivity index (χ4n) is 4.67. The number of hydrogen-bond acceptors (Lipinski definition) is 6. The minimum absolute atomic E-state index is 0.171. The van der Waals surface area contributed by atoms with Gasteiger partial charge in [-0.3, -0.25) is 9.78 Å². The molecule has 1 aromatic carbocycles. The summed E-state index contributed by atoms with van der Waals surface area (Å²) in [6.07, 6.45) is 3.65. The Balaban J connectivity index is 1.57. The number of ether oxygens (including phenoxy) is 2. The molecule has 2 bridgehead atoms. The number of rotatable bonds is 7. The zero-order valence-corrected chi connectivity index (χ0v) is 16.4. The average molecular weight is 395 g/mol. The molecule has 7 heteroatoms. The highest BCUT2D eigenvalue weighted by atomic mass is 32.1. The number of nitrogens with zero attached hydrogens (tertiary/aromatic N) is 2. The number of methoxy groups -OCH3 is 1. The number of carbonyl (C=O) groups excluding carboxylic acids is 1. The molecule has 3 aliphatic carbocycles. The highest BCUT2D eigenvalue weighted by Crippen LogP contribution is 2.73. The first-order valence-corrected chi connectivity index (χ1v) is 10.3. The van der Waals surface area contributed by atoms with Crippen LogP contribution >= 0.6 is 11.3 Å². The van der Waals surface area contributed by atoms with E-state index in [1.165, 1.54) is 0 Å². The third kappa shape index (κ3) is 2.53. The molecule has 0 saturated heterocycles. The van der Waals surface area contributed by atoms with Crippen LogP contribution in [0.15, 0.2) is 36.0 Å². The van der Waals surface area contributed by atoms with Gasteiger partial charge < -0.3 is 15.2 Å². The molecule has 6 rings (SSSR count). The van der Waals surface area contributed by atoms with Crippen LogP contribution in [0.2, 0.25) is 0 Å². The van der Waals surface area contributed by atoms with Crippen molar-refractivity contribution in [2.24, 2.45) is 17.1 Å². The number of carbonyl (C=O) groups is 1. The highest BCUT2D eigenvalue weighted by Gasteiger charge is 2.69. The monoisotopic (exact) mass is 395 g/mol. The van der Waals surface area contributed by atoms with Gasteiger partial charge in [-0.25, -0.2) is 4.98 Å². The first kappa shape index (κ1) is 17.6. The molecule has 1 amide bonds. The number of thiazole rings is 1. The summed E-state index contributed by atoms with van der Waals surface area (Å²) < 4.78 is 11.1. The van der Waals surface area contributed by atoms with Crippen LogP contribution in [0.25, 0.3) is 21.5 Å². The number of aromatic nitrogens is 2. The van der Waals surface area contributed by atoms with Gasteiger partial charge in [0, 0.05) is 30.7 Å². The lowest BCUT2D eigenvalue weighted by atomic mass is 9.36. The Morgan fingerprint density at radius 3 is 2.82 bits per heavy atom. The summed E-state index contributed by atoms with van der Waals surface area (Å²) in [6.45, 7) is 0.966. The van der Waals surface area contributed by atoms with E-state index in [1.807, 2.05) is 18.3 Å². The van der Waals surface area contributed by atoms with Gasteiger partial charge in [-0.2, -0.15) is 0 Å². The Bertz CT molecular complexity index is 1040.